The summed E-state index contributed by atoms with van der Waals surface area (Å²) in [6.07, 6.45) is 6.52. The van der Waals surface area contributed by atoms with Crippen molar-refractivity contribution in [1.82, 2.24) is 14.8 Å². The Balaban J connectivity index is 0.00000338. The summed E-state index contributed by atoms with van der Waals surface area (Å²) >= 11 is 5.94. The number of oxime groups is 1. The summed E-state index contributed by atoms with van der Waals surface area (Å²) < 4.78 is 1.62. The summed E-state index contributed by atoms with van der Waals surface area (Å²) in [6.45, 7) is 4.47. The topological polar surface area (TPSA) is 69.4 Å². The number of aromatic nitrogens is 3. The quantitative estimate of drug-likeness (QED) is 0.353. The maximum atomic E-state index is 12.3. The molecular weight excluding hydrogens is 375 g/mol. The van der Waals surface area contributed by atoms with E-state index in [0.29, 0.717) is 17.3 Å². The van der Waals surface area contributed by atoms with E-state index < -0.39 is 0 Å². The molecule has 1 aromatic heterocycles. The lowest BCUT2D eigenvalue weighted by Gasteiger charge is -2.12. The molecule has 2 aromatic rings. The van der Waals surface area contributed by atoms with E-state index in [2.05, 4.69) is 29.1 Å². The molecule has 142 valence electrons. The Morgan fingerprint density at radius 3 is 2.42 bits per heavy atom. The Morgan fingerprint density at radius 2 is 1.88 bits per heavy atom. The summed E-state index contributed by atoms with van der Waals surface area (Å²) in [5, 5.41) is 8.83. The van der Waals surface area contributed by atoms with Gasteiger partial charge in [-0.3, -0.25) is 0 Å². The highest BCUT2D eigenvalue weighted by atomic mass is 35.5. The Bertz CT molecular complexity index is 682. The van der Waals surface area contributed by atoms with Crippen LogP contribution in [-0.2, 0) is 16.2 Å². The van der Waals surface area contributed by atoms with Crippen molar-refractivity contribution in [3.05, 3.63) is 47.5 Å². The average molecular weight is 399 g/mol. The fourth-order valence-electron chi connectivity index (χ4n) is 2.53. The Morgan fingerprint density at radius 1 is 1.23 bits per heavy atom. The van der Waals surface area contributed by atoms with E-state index in [1.54, 1.807) is 23.1 Å². The molecule has 0 atom stereocenters. The zero-order valence-electron chi connectivity index (χ0n) is 15.0. The first-order valence-corrected chi connectivity index (χ1v) is 8.87. The molecule has 26 heavy (non-hydrogen) atoms. The van der Waals surface area contributed by atoms with Crippen molar-refractivity contribution < 1.29 is 9.63 Å². The summed E-state index contributed by atoms with van der Waals surface area (Å²) in [7, 11) is 0. The Hall–Kier alpha value is -1.92. The minimum absolute atomic E-state index is 0. The van der Waals surface area contributed by atoms with Gasteiger partial charge in [0.15, 0.2) is 0 Å². The van der Waals surface area contributed by atoms with E-state index in [9.17, 15) is 4.79 Å². The maximum absolute atomic E-state index is 12.3. The number of nitrogens with zero attached hydrogens (tertiary/aromatic N) is 4. The maximum Gasteiger partial charge on any atom is 0.338 e. The van der Waals surface area contributed by atoms with Gasteiger partial charge in [0.25, 0.3) is 0 Å². The second-order valence-corrected chi connectivity index (χ2v) is 6.26. The molecule has 0 bridgehead atoms. The van der Waals surface area contributed by atoms with E-state index in [4.69, 9.17) is 16.4 Å². The van der Waals surface area contributed by atoms with Crippen LogP contribution in [0.3, 0.4) is 0 Å². The third kappa shape index (κ3) is 6.77. The van der Waals surface area contributed by atoms with Crippen LogP contribution in [0.5, 0.6) is 0 Å². The lowest BCUT2D eigenvalue weighted by molar-refractivity contribution is -0.149. The SMILES string of the molecule is CCCC(CCC)C(=O)ON=C(Cn1cncn1)c1ccc(Cl)cc1.Cl. The Kier molecular flexibility index (Phi) is 9.91. The van der Waals surface area contributed by atoms with Gasteiger partial charge in [-0.2, -0.15) is 5.10 Å². The molecule has 0 aliphatic heterocycles. The normalized spacial score (nSPS) is 11.3. The minimum atomic E-state index is -0.284. The predicted molar refractivity (Wildman–Crippen MR) is 105 cm³/mol. The molecule has 0 saturated heterocycles. The molecule has 1 heterocycles. The summed E-state index contributed by atoms with van der Waals surface area (Å²) in [4.78, 5) is 21.5. The van der Waals surface area contributed by atoms with Crippen LogP contribution in [0.25, 0.3) is 0 Å². The van der Waals surface area contributed by atoms with Crippen LogP contribution in [0, 0.1) is 5.92 Å². The van der Waals surface area contributed by atoms with Crippen molar-refractivity contribution in [3.63, 3.8) is 0 Å². The molecule has 6 nitrogen and oxygen atoms in total. The first-order chi connectivity index (χ1) is 12.1. The van der Waals surface area contributed by atoms with Gasteiger partial charge in [0.1, 0.15) is 18.4 Å². The molecule has 0 fully saturated rings. The van der Waals surface area contributed by atoms with Gasteiger partial charge in [0.05, 0.1) is 12.5 Å². The Labute approximate surface area is 165 Å². The molecule has 0 unspecified atom stereocenters. The zero-order chi connectivity index (χ0) is 18.1. The third-order valence-corrected chi connectivity index (χ3v) is 4.06. The van der Waals surface area contributed by atoms with E-state index >= 15 is 0 Å². The van der Waals surface area contributed by atoms with Crippen LogP contribution in [0.4, 0.5) is 0 Å². The molecule has 0 saturated carbocycles. The molecule has 8 heteroatoms. The van der Waals surface area contributed by atoms with Crippen LogP contribution in [0.1, 0.15) is 45.1 Å². The van der Waals surface area contributed by atoms with Gasteiger partial charge in [0.2, 0.25) is 0 Å². The number of benzene rings is 1. The summed E-state index contributed by atoms with van der Waals surface area (Å²) in [5.41, 5.74) is 1.40. The van der Waals surface area contributed by atoms with Crippen molar-refractivity contribution in [1.29, 1.82) is 0 Å². The number of halogens is 2. The second-order valence-electron chi connectivity index (χ2n) is 5.82. The molecule has 1 aromatic carbocycles. The molecular formula is C18H24Cl2N4O2. The number of carbonyl (C=O) groups is 1. The lowest BCUT2D eigenvalue weighted by atomic mass is 9.99. The lowest BCUT2D eigenvalue weighted by Crippen LogP contribution is -2.18. The van der Waals surface area contributed by atoms with Crippen molar-refractivity contribution >= 4 is 35.7 Å². The van der Waals surface area contributed by atoms with Gasteiger partial charge in [-0.05, 0) is 25.0 Å². The van der Waals surface area contributed by atoms with Crippen molar-refractivity contribution in [2.24, 2.45) is 11.1 Å². The standard InChI is InChI=1S/C18H23ClN4O2.ClH/c1-3-5-15(6-4-2)18(24)25-22-17(11-23-13-20-12-21-23)14-7-9-16(19)10-8-14;/h7-10,12-13,15H,3-6,11H2,1-2H3;1H. The predicted octanol–water partition coefficient (Wildman–Crippen LogP) is 4.52. The van der Waals surface area contributed by atoms with Crippen molar-refractivity contribution in [3.8, 4) is 0 Å². The highest BCUT2D eigenvalue weighted by Gasteiger charge is 2.19. The van der Waals surface area contributed by atoms with Gasteiger partial charge >= 0.3 is 5.97 Å². The highest BCUT2D eigenvalue weighted by Crippen LogP contribution is 2.16. The summed E-state index contributed by atoms with van der Waals surface area (Å²) in [6, 6.07) is 7.21. The highest BCUT2D eigenvalue weighted by molar-refractivity contribution is 6.30. The van der Waals surface area contributed by atoms with Gasteiger partial charge in [0, 0.05) is 10.6 Å². The summed E-state index contributed by atoms with van der Waals surface area (Å²) in [5.74, 6) is -0.398. The van der Waals surface area contributed by atoms with Crippen LogP contribution in [-0.4, -0.2) is 26.4 Å². The molecule has 0 spiro atoms. The monoisotopic (exact) mass is 398 g/mol. The first-order valence-electron chi connectivity index (χ1n) is 8.50. The van der Waals surface area contributed by atoms with Crippen LogP contribution >= 0.6 is 24.0 Å². The van der Waals surface area contributed by atoms with Gasteiger partial charge in [-0.15, -0.1) is 12.4 Å². The van der Waals surface area contributed by atoms with Crippen molar-refractivity contribution in [2.75, 3.05) is 0 Å². The van der Waals surface area contributed by atoms with Gasteiger partial charge in [-0.25, -0.2) is 14.5 Å². The average Bonchev–Trinajstić information content (AvgIpc) is 3.12. The van der Waals surface area contributed by atoms with Gasteiger partial charge in [-0.1, -0.05) is 55.6 Å². The van der Waals surface area contributed by atoms with E-state index in [1.165, 1.54) is 6.33 Å². The smallest absolute Gasteiger partial charge is 0.318 e. The molecule has 2 rings (SSSR count). The molecule has 0 N–H and O–H groups in total. The number of rotatable bonds is 9. The van der Waals surface area contributed by atoms with Crippen LogP contribution in [0.15, 0.2) is 42.1 Å². The fraction of sp³-hybridized carbons (Fsp3) is 0.444. The molecule has 0 aliphatic rings. The number of hydrogen-bond acceptors (Lipinski definition) is 5. The zero-order valence-corrected chi connectivity index (χ0v) is 16.5. The third-order valence-electron chi connectivity index (χ3n) is 3.81. The fourth-order valence-corrected chi connectivity index (χ4v) is 2.66. The van der Waals surface area contributed by atoms with Gasteiger partial charge < -0.3 is 4.84 Å². The van der Waals surface area contributed by atoms with Crippen LogP contribution < -0.4 is 0 Å². The van der Waals surface area contributed by atoms with E-state index in [0.717, 1.165) is 31.2 Å². The molecule has 0 amide bonds. The van der Waals surface area contributed by atoms with E-state index in [1.807, 2.05) is 12.1 Å². The minimum Gasteiger partial charge on any atom is -0.318 e. The van der Waals surface area contributed by atoms with Crippen LogP contribution in [0.2, 0.25) is 5.02 Å². The largest absolute Gasteiger partial charge is 0.338 e. The first kappa shape index (κ1) is 22.1. The second kappa shape index (κ2) is 11.6. The van der Waals surface area contributed by atoms with Crippen molar-refractivity contribution in [2.45, 2.75) is 46.1 Å². The number of carbonyl (C=O) groups excluding carboxylic acids is 1. The van der Waals surface area contributed by atoms with E-state index in [-0.39, 0.29) is 24.3 Å². The number of hydrogen-bond donors (Lipinski definition) is 0. The molecule has 0 radical (unpaired) electrons. The molecule has 0 aliphatic carbocycles.